The Bertz CT molecular complexity index is 121. The van der Waals surface area contributed by atoms with Crippen LogP contribution >= 0.6 is 0 Å². The van der Waals surface area contributed by atoms with E-state index in [-0.39, 0.29) is 6.10 Å². The lowest BCUT2D eigenvalue weighted by molar-refractivity contribution is 0.244. The molecule has 0 fully saturated rings. The summed E-state index contributed by atoms with van der Waals surface area (Å²) in [6.07, 6.45) is 8.43. The molecule has 0 rings (SSSR count). The summed E-state index contributed by atoms with van der Waals surface area (Å²) in [5, 5.41) is 8.71. The Morgan fingerprint density at radius 1 is 1.33 bits per heavy atom. The Hall–Kier alpha value is -0.820. The van der Waals surface area contributed by atoms with Gasteiger partial charge in [0.15, 0.2) is 0 Å². The van der Waals surface area contributed by atoms with Crippen molar-refractivity contribution in [2.45, 2.75) is 13.0 Å². The molecule has 1 nitrogen and oxygen atoms in total. The zero-order valence-electron chi connectivity index (χ0n) is 5.62. The third kappa shape index (κ3) is 7.18. The van der Waals surface area contributed by atoms with Gasteiger partial charge < -0.3 is 5.11 Å². The van der Waals surface area contributed by atoms with Crippen LogP contribution in [0.4, 0.5) is 0 Å². The highest BCUT2D eigenvalue weighted by atomic mass is 16.3. The van der Waals surface area contributed by atoms with Gasteiger partial charge in [-0.1, -0.05) is 37.0 Å². The van der Waals surface area contributed by atoms with E-state index >= 15 is 0 Å². The number of rotatable bonds is 3. The van der Waals surface area contributed by atoms with Crippen LogP contribution in [0.2, 0.25) is 0 Å². The fourth-order valence-corrected chi connectivity index (χ4v) is 0.368. The normalized spacial score (nSPS) is 14.9. The average Bonchev–Trinajstić information content (AvgIpc) is 1.80. The van der Waals surface area contributed by atoms with Gasteiger partial charge in [0.25, 0.3) is 0 Å². The molecule has 9 heavy (non-hydrogen) atoms. The zero-order chi connectivity index (χ0) is 7.11. The molecule has 1 atom stereocenters. The van der Waals surface area contributed by atoms with Crippen LogP contribution < -0.4 is 0 Å². The van der Waals surface area contributed by atoms with Crippen LogP contribution in [0.3, 0.4) is 0 Å². The molecule has 1 N–H and O–H groups in total. The van der Waals surface area contributed by atoms with Gasteiger partial charge in [-0.3, -0.25) is 0 Å². The van der Waals surface area contributed by atoms with Crippen molar-refractivity contribution in [1.29, 1.82) is 0 Å². The van der Waals surface area contributed by atoms with Crippen molar-refractivity contribution >= 4 is 0 Å². The van der Waals surface area contributed by atoms with Crippen LogP contribution in [-0.4, -0.2) is 11.2 Å². The number of allylic oxidation sites excluding steroid dienone is 4. The second kappa shape index (κ2) is 5.32. The quantitative estimate of drug-likeness (QED) is 0.567. The predicted octanol–water partition coefficient (Wildman–Crippen LogP) is 1.67. The summed E-state index contributed by atoms with van der Waals surface area (Å²) in [4.78, 5) is 0. The highest BCUT2D eigenvalue weighted by Crippen LogP contribution is 1.83. The Labute approximate surface area is 56.0 Å². The average molecular weight is 124 g/mol. The highest BCUT2D eigenvalue weighted by Gasteiger charge is 1.79. The fourth-order valence-electron chi connectivity index (χ4n) is 0.368. The monoisotopic (exact) mass is 124 g/mol. The molecule has 0 bridgehead atoms. The van der Waals surface area contributed by atoms with Gasteiger partial charge in [0, 0.05) is 0 Å². The van der Waals surface area contributed by atoms with Crippen molar-refractivity contribution in [1.82, 2.24) is 0 Å². The first-order valence-corrected chi connectivity index (χ1v) is 2.91. The molecule has 1 unspecified atom stereocenters. The molecule has 0 aromatic heterocycles. The lowest BCUT2D eigenvalue weighted by atomic mass is 10.3. The largest absolute Gasteiger partial charge is 0.389 e. The van der Waals surface area contributed by atoms with E-state index in [4.69, 9.17) is 5.11 Å². The maximum atomic E-state index is 8.71. The van der Waals surface area contributed by atoms with Crippen LogP contribution in [0, 0.1) is 0 Å². The maximum absolute atomic E-state index is 8.71. The zero-order valence-corrected chi connectivity index (χ0v) is 5.62. The van der Waals surface area contributed by atoms with E-state index in [0.717, 1.165) is 0 Å². The number of hydrogen-bond acceptors (Lipinski definition) is 1. The number of aliphatic hydroxyl groups excluding tert-OH is 1. The molecule has 0 saturated carbocycles. The Balaban J connectivity index is 3.46. The van der Waals surface area contributed by atoms with Crippen LogP contribution in [0.1, 0.15) is 6.92 Å². The van der Waals surface area contributed by atoms with Crippen molar-refractivity contribution in [2.24, 2.45) is 0 Å². The number of aliphatic hydroxyl groups is 1. The Morgan fingerprint density at radius 2 is 2.00 bits per heavy atom. The first-order chi connectivity index (χ1) is 4.27. The molecule has 0 aromatic rings. The molecular formula is C8H12O. The molecule has 0 heterocycles. The number of hydrogen-bond donors (Lipinski definition) is 1. The summed E-state index contributed by atoms with van der Waals surface area (Å²) in [5.41, 5.74) is 0. The van der Waals surface area contributed by atoms with Crippen LogP contribution in [-0.2, 0) is 0 Å². The molecular weight excluding hydrogens is 112 g/mol. The summed E-state index contributed by atoms with van der Waals surface area (Å²) >= 11 is 0. The third-order valence-electron chi connectivity index (χ3n) is 0.748. The van der Waals surface area contributed by atoms with Gasteiger partial charge >= 0.3 is 0 Å². The summed E-state index contributed by atoms with van der Waals surface area (Å²) < 4.78 is 0. The molecule has 0 aliphatic rings. The second-order valence-electron chi connectivity index (χ2n) is 1.75. The topological polar surface area (TPSA) is 20.2 Å². The van der Waals surface area contributed by atoms with E-state index in [1.165, 1.54) is 0 Å². The van der Waals surface area contributed by atoms with Gasteiger partial charge in [0.1, 0.15) is 0 Å². The minimum Gasteiger partial charge on any atom is -0.389 e. The molecule has 0 spiro atoms. The minimum atomic E-state index is -0.362. The van der Waals surface area contributed by atoms with E-state index in [2.05, 4.69) is 6.58 Å². The first-order valence-electron chi connectivity index (χ1n) is 2.91. The first kappa shape index (κ1) is 8.18. The molecule has 1 heteroatoms. The summed E-state index contributed by atoms with van der Waals surface area (Å²) in [6, 6.07) is 0. The molecule has 0 aliphatic carbocycles. The highest BCUT2D eigenvalue weighted by molar-refractivity contribution is 5.09. The van der Waals surface area contributed by atoms with Crippen LogP contribution in [0.5, 0.6) is 0 Å². The smallest absolute Gasteiger partial charge is 0.0695 e. The van der Waals surface area contributed by atoms with E-state index in [9.17, 15) is 0 Å². The molecule has 0 aliphatic heterocycles. The SMILES string of the molecule is C=C/C=C\C=C/C(C)O. The van der Waals surface area contributed by atoms with Gasteiger partial charge in [-0.25, -0.2) is 0 Å². The molecule has 0 saturated heterocycles. The summed E-state index contributed by atoms with van der Waals surface area (Å²) in [6.45, 7) is 5.20. The van der Waals surface area contributed by atoms with Crippen LogP contribution in [0.15, 0.2) is 37.0 Å². The summed E-state index contributed by atoms with van der Waals surface area (Å²) in [5.74, 6) is 0. The molecule has 0 aromatic carbocycles. The third-order valence-corrected chi connectivity index (χ3v) is 0.748. The Kier molecular flexibility index (Phi) is 4.83. The van der Waals surface area contributed by atoms with Gasteiger partial charge in [0.05, 0.1) is 6.10 Å². The van der Waals surface area contributed by atoms with Crippen molar-refractivity contribution in [3.8, 4) is 0 Å². The molecule has 0 amide bonds. The van der Waals surface area contributed by atoms with Crippen molar-refractivity contribution < 1.29 is 5.11 Å². The maximum Gasteiger partial charge on any atom is 0.0695 e. The van der Waals surface area contributed by atoms with E-state index in [1.807, 2.05) is 6.08 Å². The lowest BCUT2D eigenvalue weighted by Gasteiger charge is -1.88. The van der Waals surface area contributed by atoms with Crippen LogP contribution in [0.25, 0.3) is 0 Å². The lowest BCUT2D eigenvalue weighted by Crippen LogP contribution is -1.90. The second-order valence-corrected chi connectivity index (χ2v) is 1.75. The van der Waals surface area contributed by atoms with Crippen molar-refractivity contribution in [3.63, 3.8) is 0 Å². The van der Waals surface area contributed by atoms with E-state index in [1.54, 1.807) is 31.2 Å². The van der Waals surface area contributed by atoms with E-state index < -0.39 is 0 Å². The minimum absolute atomic E-state index is 0.362. The fraction of sp³-hybridized carbons (Fsp3) is 0.250. The Morgan fingerprint density at radius 3 is 2.44 bits per heavy atom. The van der Waals surface area contributed by atoms with Crippen molar-refractivity contribution in [3.05, 3.63) is 37.0 Å². The molecule has 0 radical (unpaired) electrons. The van der Waals surface area contributed by atoms with Gasteiger partial charge in [-0.2, -0.15) is 0 Å². The van der Waals surface area contributed by atoms with Gasteiger partial charge in [0.2, 0.25) is 0 Å². The van der Waals surface area contributed by atoms with E-state index in [0.29, 0.717) is 0 Å². The van der Waals surface area contributed by atoms with Gasteiger partial charge in [-0.15, -0.1) is 0 Å². The van der Waals surface area contributed by atoms with Crippen molar-refractivity contribution in [2.75, 3.05) is 0 Å². The standard InChI is InChI=1S/C8H12O/c1-3-4-5-6-7-8(2)9/h3-9H,1H2,2H3/b5-4-,7-6-. The van der Waals surface area contributed by atoms with Gasteiger partial charge in [-0.05, 0) is 6.92 Å². The predicted molar refractivity (Wildman–Crippen MR) is 40.2 cm³/mol. The molecule has 50 valence electrons. The summed E-state index contributed by atoms with van der Waals surface area (Å²) in [7, 11) is 0.